The van der Waals surface area contributed by atoms with Crippen LogP contribution < -0.4 is 0 Å². The van der Waals surface area contributed by atoms with Crippen molar-refractivity contribution >= 4 is 5.97 Å². The van der Waals surface area contributed by atoms with E-state index < -0.39 is 0 Å². The fraction of sp³-hybridized carbons (Fsp3) is 0.533. The van der Waals surface area contributed by atoms with Gasteiger partial charge in [-0.05, 0) is 24.3 Å². The maximum Gasteiger partial charge on any atom is 0.310 e. The van der Waals surface area contributed by atoms with Gasteiger partial charge in [0, 0.05) is 0 Å². The van der Waals surface area contributed by atoms with Gasteiger partial charge in [-0.2, -0.15) is 0 Å². The normalized spacial score (nSPS) is 16.7. The van der Waals surface area contributed by atoms with E-state index in [1.807, 2.05) is 30.3 Å². The second kappa shape index (κ2) is 6.43. The number of hydrogen-bond acceptors (Lipinski definition) is 2. The molecule has 2 rings (SSSR count). The smallest absolute Gasteiger partial charge is 0.310 e. The van der Waals surface area contributed by atoms with E-state index in [0.717, 1.165) is 5.56 Å². The van der Waals surface area contributed by atoms with Crippen LogP contribution in [0.25, 0.3) is 0 Å². The van der Waals surface area contributed by atoms with Crippen molar-refractivity contribution in [3.8, 4) is 0 Å². The molecule has 1 fully saturated rings. The van der Waals surface area contributed by atoms with Gasteiger partial charge in [-0.15, -0.1) is 0 Å². The first-order valence-corrected chi connectivity index (χ1v) is 6.54. The maximum absolute atomic E-state index is 11.6. The molecule has 0 aromatic heterocycles. The highest BCUT2D eigenvalue weighted by Gasteiger charge is 2.15. The van der Waals surface area contributed by atoms with Crippen molar-refractivity contribution in [2.45, 2.75) is 38.5 Å². The highest BCUT2D eigenvalue weighted by Crippen LogP contribution is 2.23. The summed E-state index contributed by atoms with van der Waals surface area (Å²) in [5.74, 6) is 0.505. The third kappa shape index (κ3) is 4.22. The van der Waals surface area contributed by atoms with E-state index in [2.05, 4.69) is 0 Å². The Morgan fingerprint density at radius 2 is 1.82 bits per heavy atom. The molecule has 92 valence electrons. The van der Waals surface area contributed by atoms with Crippen LogP contribution in [0, 0.1) is 5.92 Å². The van der Waals surface area contributed by atoms with E-state index in [-0.39, 0.29) is 5.97 Å². The third-order valence-corrected chi connectivity index (χ3v) is 3.40. The molecule has 0 saturated heterocycles. The van der Waals surface area contributed by atoms with Gasteiger partial charge >= 0.3 is 5.97 Å². The average Bonchev–Trinajstić information content (AvgIpc) is 2.39. The molecular weight excluding hydrogens is 212 g/mol. The molecule has 1 saturated carbocycles. The fourth-order valence-electron chi connectivity index (χ4n) is 2.38. The highest BCUT2D eigenvalue weighted by molar-refractivity contribution is 5.72. The van der Waals surface area contributed by atoms with Crippen LogP contribution in [0.15, 0.2) is 30.3 Å². The summed E-state index contributed by atoms with van der Waals surface area (Å²) in [5.41, 5.74) is 1.03. The lowest BCUT2D eigenvalue weighted by Crippen LogP contribution is -2.17. The summed E-state index contributed by atoms with van der Waals surface area (Å²) in [6.45, 7) is 0.617. The molecule has 1 aromatic carbocycles. The van der Waals surface area contributed by atoms with Gasteiger partial charge < -0.3 is 4.74 Å². The Labute approximate surface area is 103 Å². The third-order valence-electron chi connectivity index (χ3n) is 3.40. The molecule has 0 radical (unpaired) electrons. The molecule has 0 spiro atoms. The van der Waals surface area contributed by atoms with E-state index in [9.17, 15) is 4.79 Å². The lowest BCUT2D eigenvalue weighted by Gasteiger charge is -2.21. The van der Waals surface area contributed by atoms with Gasteiger partial charge in [0.25, 0.3) is 0 Å². The Bertz CT molecular complexity index is 339. The number of hydrogen-bond donors (Lipinski definition) is 0. The first-order chi connectivity index (χ1) is 8.34. The first kappa shape index (κ1) is 12.2. The zero-order chi connectivity index (χ0) is 11.9. The van der Waals surface area contributed by atoms with Gasteiger partial charge in [-0.3, -0.25) is 4.79 Å². The number of esters is 1. The van der Waals surface area contributed by atoms with Gasteiger partial charge in [-0.1, -0.05) is 49.6 Å². The van der Waals surface area contributed by atoms with Crippen LogP contribution in [-0.2, 0) is 16.0 Å². The average molecular weight is 232 g/mol. The summed E-state index contributed by atoms with van der Waals surface area (Å²) in [6, 6.07) is 9.77. The van der Waals surface area contributed by atoms with Crippen molar-refractivity contribution in [2.75, 3.05) is 6.61 Å². The van der Waals surface area contributed by atoms with E-state index >= 15 is 0 Å². The zero-order valence-electron chi connectivity index (χ0n) is 10.2. The zero-order valence-corrected chi connectivity index (χ0v) is 10.2. The van der Waals surface area contributed by atoms with Crippen LogP contribution in [0.4, 0.5) is 0 Å². The van der Waals surface area contributed by atoms with Crippen LogP contribution in [0.5, 0.6) is 0 Å². The van der Waals surface area contributed by atoms with Crippen molar-refractivity contribution in [1.29, 1.82) is 0 Å². The summed E-state index contributed by atoms with van der Waals surface area (Å²) < 4.78 is 5.35. The van der Waals surface area contributed by atoms with Crippen LogP contribution in [0.1, 0.15) is 37.7 Å². The van der Waals surface area contributed by atoms with Crippen molar-refractivity contribution in [1.82, 2.24) is 0 Å². The van der Waals surface area contributed by atoms with Gasteiger partial charge in [0.05, 0.1) is 13.0 Å². The van der Waals surface area contributed by atoms with Gasteiger partial charge in [0.15, 0.2) is 0 Å². The molecule has 0 amide bonds. The SMILES string of the molecule is O=C(Cc1ccccc1)OCC1CCCCC1. The van der Waals surface area contributed by atoms with E-state index in [4.69, 9.17) is 4.74 Å². The molecular formula is C15H20O2. The molecule has 1 aliphatic carbocycles. The molecule has 0 heterocycles. The van der Waals surface area contributed by atoms with Crippen molar-refractivity contribution in [2.24, 2.45) is 5.92 Å². The fourth-order valence-corrected chi connectivity index (χ4v) is 2.38. The molecule has 0 atom stereocenters. The maximum atomic E-state index is 11.6. The predicted octanol–water partition coefficient (Wildman–Crippen LogP) is 3.35. The monoisotopic (exact) mass is 232 g/mol. The quantitative estimate of drug-likeness (QED) is 0.744. The van der Waals surface area contributed by atoms with Crippen molar-refractivity contribution < 1.29 is 9.53 Å². The molecule has 0 bridgehead atoms. The van der Waals surface area contributed by atoms with E-state index in [0.29, 0.717) is 18.9 Å². The van der Waals surface area contributed by atoms with Crippen LogP contribution in [-0.4, -0.2) is 12.6 Å². The number of carbonyl (C=O) groups is 1. The van der Waals surface area contributed by atoms with Crippen molar-refractivity contribution in [3.05, 3.63) is 35.9 Å². The van der Waals surface area contributed by atoms with Crippen molar-refractivity contribution in [3.63, 3.8) is 0 Å². The standard InChI is InChI=1S/C15H20O2/c16-15(11-13-7-3-1-4-8-13)17-12-14-9-5-2-6-10-14/h1,3-4,7-8,14H,2,5-6,9-12H2. The van der Waals surface area contributed by atoms with Crippen LogP contribution in [0.2, 0.25) is 0 Å². The first-order valence-electron chi connectivity index (χ1n) is 6.54. The van der Waals surface area contributed by atoms with Crippen LogP contribution >= 0.6 is 0 Å². The summed E-state index contributed by atoms with van der Waals surface area (Å²) in [6.07, 6.45) is 6.76. The molecule has 1 aromatic rings. The lowest BCUT2D eigenvalue weighted by molar-refractivity contribution is -0.144. The number of rotatable bonds is 4. The lowest BCUT2D eigenvalue weighted by atomic mass is 9.90. The molecule has 17 heavy (non-hydrogen) atoms. The Morgan fingerprint density at radius 3 is 2.53 bits per heavy atom. The summed E-state index contributed by atoms with van der Waals surface area (Å²) >= 11 is 0. The summed E-state index contributed by atoms with van der Waals surface area (Å²) in [4.78, 5) is 11.6. The Hall–Kier alpha value is -1.31. The second-order valence-electron chi connectivity index (χ2n) is 4.85. The largest absolute Gasteiger partial charge is 0.465 e. The molecule has 0 N–H and O–H groups in total. The predicted molar refractivity (Wildman–Crippen MR) is 67.7 cm³/mol. The topological polar surface area (TPSA) is 26.3 Å². The molecule has 1 aliphatic rings. The number of carbonyl (C=O) groups excluding carboxylic acids is 1. The second-order valence-corrected chi connectivity index (χ2v) is 4.85. The summed E-state index contributed by atoms with van der Waals surface area (Å²) in [5, 5.41) is 0. The van der Waals surface area contributed by atoms with Gasteiger partial charge in [0.1, 0.15) is 0 Å². The minimum Gasteiger partial charge on any atom is -0.465 e. The van der Waals surface area contributed by atoms with Crippen LogP contribution in [0.3, 0.4) is 0 Å². The Kier molecular flexibility index (Phi) is 4.60. The Balaban J connectivity index is 1.70. The molecule has 2 nitrogen and oxygen atoms in total. The highest BCUT2D eigenvalue weighted by atomic mass is 16.5. The summed E-state index contributed by atoms with van der Waals surface area (Å²) in [7, 11) is 0. The molecule has 0 unspecified atom stereocenters. The minimum atomic E-state index is -0.0956. The number of ether oxygens (including phenoxy) is 1. The van der Waals surface area contributed by atoms with Gasteiger partial charge in [-0.25, -0.2) is 0 Å². The number of benzene rings is 1. The Morgan fingerprint density at radius 1 is 1.12 bits per heavy atom. The molecule has 0 aliphatic heterocycles. The minimum absolute atomic E-state index is 0.0956. The molecule has 2 heteroatoms. The van der Waals surface area contributed by atoms with E-state index in [1.54, 1.807) is 0 Å². The van der Waals surface area contributed by atoms with Gasteiger partial charge in [0.2, 0.25) is 0 Å². The van der Waals surface area contributed by atoms with E-state index in [1.165, 1.54) is 32.1 Å².